The second kappa shape index (κ2) is 9.59. The quantitative estimate of drug-likeness (QED) is 0.754. The van der Waals surface area contributed by atoms with E-state index in [1.807, 2.05) is 12.1 Å². The molecule has 5 nitrogen and oxygen atoms in total. The lowest BCUT2D eigenvalue weighted by Gasteiger charge is -2.38. The molecule has 1 aromatic heterocycles. The summed E-state index contributed by atoms with van der Waals surface area (Å²) in [6.45, 7) is 6.48. The van der Waals surface area contributed by atoms with E-state index in [0.29, 0.717) is 17.5 Å². The first-order valence-corrected chi connectivity index (χ1v) is 9.70. The van der Waals surface area contributed by atoms with Crippen molar-refractivity contribution in [3.05, 3.63) is 45.8 Å². The Hall–Kier alpha value is -1.11. The van der Waals surface area contributed by atoms with Crippen LogP contribution in [-0.4, -0.2) is 37.2 Å². The number of benzene rings is 1. The van der Waals surface area contributed by atoms with Gasteiger partial charge in [0.25, 0.3) is 0 Å². The summed E-state index contributed by atoms with van der Waals surface area (Å²) in [6.07, 6.45) is 4.58. The molecule has 2 fully saturated rings. The zero-order valence-corrected chi connectivity index (χ0v) is 17.9. The molecule has 28 heavy (non-hydrogen) atoms. The summed E-state index contributed by atoms with van der Waals surface area (Å²) in [5.41, 5.74) is 8.85. The number of nitrogens with zero attached hydrogens (tertiary/aromatic N) is 1. The number of hydrogen-bond acceptors (Lipinski definition) is 5. The fraction of sp³-hybridized carbons (Fsp3) is 0.571. The molecule has 2 aliphatic rings. The topological polar surface area (TPSA) is 68.7 Å². The maximum Gasteiger partial charge on any atom is 0.336 e. The normalized spacial score (nSPS) is 21.4. The first-order chi connectivity index (χ1) is 12.6. The van der Waals surface area contributed by atoms with Gasteiger partial charge in [0.05, 0.1) is 12.7 Å². The number of rotatable bonds is 4. The molecule has 7 heteroatoms. The summed E-state index contributed by atoms with van der Waals surface area (Å²) < 4.78 is 11.2. The predicted molar refractivity (Wildman–Crippen MR) is 117 cm³/mol. The summed E-state index contributed by atoms with van der Waals surface area (Å²) in [7, 11) is 0. The molecule has 2 aliphatic heterocycles. The Morgan fingerprint density at radius 1 is 1.21 bits per heavy atom. The van der Waals surface area contributed by atoms with Gasteiger partial charge in [0, 0.05) is 24.5 Å². The van der Waals surface area contributed by atoms with Gasteiger partial charge in [0.2, 0.25) is 0 Å². The summed E-state index contributed by atoms with van der Waals surface area (Å²) in [5, 5.41) is 1.07. The van der Waals surface area contributed by atoms with Crippen molar-refractivity contribution in [2.45, 2.75) is 45.3 Å². The SMILES string of the molecule is CCc1ccc2oc(=O)cc(CN3CCC4(CC3)COC(CN)C4)c2c1.Cl.Cl. The molecule has 156 valence electrons. The zero-order chi connectivity index (χ0) is 18.1. The lowest BCUT2D eigenvalue weighted by molar-refractivity contribution is 0.0649. The number of piperidine rings is 1. The molecule has 0 bridgehead atoms. The van der Waals surface area contributed by atoms with E-state index >= 15 is 0 Å². The van der Waals surface area contributed by atoms with Crippen molar-refractivity contribution in [3.63, 3.8) is 0 Å². The molecule has 1 atom stereocenters. The maximum absolute atomic E-state index is 12.0. The Balaban J connectivity index is 0.00000140. The highest BCUT2D eigenvalue weighted by Crippen LogP contribution is 2.42. The number of ether oxygens (including phenoxy) is 1. The van der Waals surface area contributed by atoms with Gasteiger partial charge in [-0.25, -0.2) is 4.79 Å². The number of aryl methyl sites for hydroxylation is 1. The van der Waals surface area contributed by atoms with Crippen molar-refractivity contribution in [2.75, 3.05) is 26.2 Å². The third-order valence-corrected chi connectivity index (χ3v) is 6.16. The summed E-state index contributed by atoms with van der Waals surface area (Å²) >= 11 is 0. The first kappa shape index (κ1) is 23.2. The van der Waals surface area contributed by atoms with Crippen LogP contribution in [-0.2, 0) is 17.7 Å². The lowest BCUT2D eigenvalue weighted by Crippen LogP contribution is -2.40. The van der Waals surface area contributed by atoms with E-state index in [-0.39, 0.29) is 36.5 Å². The van der Waals surface area contributed by atoms with Crippen LogP contribution in [0.4, 0.5) is 0 Å². The third kappa shape index (κ3) is 4.71. The van der Waals surface area contributed by atoms with E-state index in [2.05, 4.69) is 17.9 Å². The fourth-order valence-corrected chi connectivity index (χ4v) is 4.45. The van der Waals surface area contributed by atoms with E-state index in [9.17, 15) is 4.79 Å². The van der Waals surface area contributed by atoms with E-state index < -0.39 is 0 Å². The molecule has 0 amide bonds. The van der Waals surface area contributed by atoms with Crippen LogP contribution < -0.4 is 11.4 Å². The third-order valence-electron chi connectivity index (χ3n) is 6.16. The average Bonchev–Trinajstić information content (AvgIpc) is 3.06. The number of halogens is 2. The molecular weight excluding hydrogens is 399 g/mol. The Labute approximate surface area is 178 Å². The van der Waals surface area contributed by atoms with Gasteiger partial charge in [-0.05, 0) is 67.4 Å². The van der Waals surface area contributed by atoms with E-state index in [1.54, 1.807) is 6.07 Å². The van der Waals surface area contributed by atoms with Crippen LogP contribution >= 0.6 is 24.8 Å². The van der Waals surface area contributed by atoms with Crippen molar-refractivity contribution >= 4 is 35.8 Å². The summed E-state index contributed by atoms with van der Waals surface area (Å²) in [4.78, 5) is 14.4. The maximum atomic E-state index is 12.0. The van der Waals surface area contributed by atoms with Crippen LogP contribution in [0.2, 0.25) is 0 Å². The smallest absolute Gasteiger partial charge is 0.336 e. The standard InChI is InChI=1S/C21H28N2O3.2ClH/c1-2-15-3-4-19-18(9-15)16(10-20(24)26-19)13-23-7-5-21(6-8-23)11-17(12-22)25-14-21;;/h3-4,9-10,17H,2,5-8,11-14,22H2,1H3;2*1H. The summed E-state index contributed by atoms with van der Waals surface area (Å²) in [5.74, 6) is 0. The molecular formula is C21H30Cl2N2O3. The zero-order valence-electron chi connectivity index (χ0n) is 16.3. The molecule has 2 N–H and O–H groups in total. The highest BCUT2D eigenvalue weighted by molar-refractivity contribution is 5.85. The Kier molecular flexibility index (Phi) is 7.94. The molecule has 4 rings (SSSR count). The number of nitrogens with two attached hydrogens (primary N) is 1. The highest BCUT2D eigenvalue weighted by Gasteiger charge is 2.41. The Morgan fingerprint density at radius 2 is 1.96 bits per heavy atom. The number of likely N-dealkylation sites (tertiary alicyclic amines) is 1. The highest BCUT2D eigenvalue weighted by atomic mass is 35.5. The average molecular weight is 429 g/mol. The van der Waals surface area contributed by atoms with Crippen LogP contribution in [0.3, 0.4) is 0 Å². The molecule has 3 heterocycles. The van der Waals surface area contributed by atoms with Gasteiger partial charge in [-0.2, -0.15) is 0 Å². The van der Waals surface area contributed by atoms with Crippen molar-refractivity contribution in [2.24, 2.45) is 11.1 Å². The van der Waals surface area contributed by atoms with Crippen LogP contribution in [0.25, 0.3) is 11.0 Å². The van der Waals surface area contributed by atoms with Gasteiger partial charge in [0.15, 0.2) is 0 Å². The van der Waals surface area contributed by atoms with Crippen molar-refractivity contribution in [3.8, 4) is 0 Å². The van der Waals surface area contributed by atoms with Crippen molar-refractivity contribution in [1.29, 1.82) is 0 Å². The van der Waals surface area contributed by atoms with E-state index in [0.717, 1.165) is 62.9 Å². The minimum Gasteiger partial charge on any atom is -0.423 e. The van der Waals surface area contributed by atoms with Crippen molar-refractivity contribution < 1.29 is 9.15 Å². The number of fused-ring (bicyclic) bond motifs is 1. The van der Waals surface area contributed by atoms with Gasteiger partial charge in [-0.1, -0.05) is 13.0 Å². The number of hydrogen-bond donors (Lipinski definition) is 1. The van der Waals surface area contributed by atoms with Gasteiger partial charge >= 0.3 is 5.63 Å². The Morgan fingerprint density at radius 3 is 2.61 bits per heavy atom. The van der Waals surface area contributed by atoms with E-state index in [4.69, 9.17) is 14.9 Å². The monoisotopic (exact) mass is 428 g/mol. The van der Waals surface area contributed by atoms with Crippen molar-refractivity contribution in [1.82, 2.24) is 4.90 Å². The second-order valence-corrected chi connectivity index (χ2v) is 7.92. The summed E-state index contributed by atoms with van der Waals surface area (Å²) in [6, 6.07) is 7.78. The second-order valence-electron chi connectivity index (χ2n) is 7.92. The largest absolute Gasteiger partial charge is 0.423 e. The molecule has 1 unspecified atom stereocenters. The lowest BCUT2D eigenvalue weighted by atomic mass is 9.76. The minimum atomic E-state index is -0.264. The van der Waals surface area contributed by atoms with Gasteiger partial charge in [-0.15, -0.1) is 24.8 Å². The Bertz CT molecular complexity index is 847. The van der Waals surface area contributed by atoms with Gasteiger partial charge in [-0.3, -0.25) is 4.90 Å². The van der Waals surface area contributed by atoms with Gasteiger partial charge in [0.1, 0.15) is 5.58 Å². The molecule has 0 aliphatic carbocycles. The van der Waals surface area contributed by atoms with Crippen LogP contribution in [0.1, 0.15) is 37.3 Å². The molecule has 1 aromatic carbocycles. The van der Waals surface area contributed by atoms with Crippen LogP contribution in [0.15, 0.2) is 33.5 Å². The molecule has 1 spiro atoms. The molecule has 2 aromatic rings. The van der Waals surface area contributed by atoms with Gasteiger partial charge < -0.3 is 14.9 Å². The molecule has 2 saturated heterocycles. The first-order valence-electron chi connectivity index (χ1n) is 9.70. The van der Waals surface area contributed by atoms with Crippen LogP contribution in [0, 0.1) is 5.41 Å². The molecule has 0 radical (unpaired) electrons. The van der Waals surface area contributed by atoms with E-state index in [1.165, 1.54) is 5.56 Å². The minimum absolute atomic E-state index is 0. The fourth-order valence-electron chi connectivity index (χ4n) is 4.45. The van der Waals surface area contributed by atoms with Crippen LogP contribution in [0.5, 0.6) is 0 Å². The predicted octanol–water partition coefficient (Wildman–Crippen LogP) is 3.53. The molecule has 0 saturated carbocycles.